The maximum absolute atomic E-state index is 13.0. The zero-order valence-corrected chi connectivity index (χ0v) is 19.8. The van der Waals surface area contributed by atoms with Crippen molar-refractivity contribution in [2.75, 3.05) is 13.3 Å². The summed E-state index contributed by atoms with van der Waals surface area (Å²) in [5.74, 6) is 2.46. The molecule has 0 aromatic heterocycles. The molecule has 1 saturated carbocycles. The van der Waals surface area contributed by atoms with Gasteiger partial charge >= 0.3 is 0 Å². The number of aryl methyl sites for hydroxylation is 1. The summed E-state index contributed by atoms with van der Waals surface area (Å²) in [5.41, 5.74) is 5.44. The third-order valence-corrected chi connectivity index (χ3v) is 8.46. The summed E-state index contributed by atoms with van der Waals surface area (Å²) < 4.78 is 10.8. The number of fused-ring (bicyclic) bond motifs is 4. The lowest BCUT2D eigenvalue weighted by molar-refractivity contribution is 0.0254. The molecule has 5 rings (SSSR count). The van der Waals surface area contributed by atoms with Crippen LogP contribution in [0.5, 0.6) is 11.5 Å². The van der Waals surface area contributed by atoms with Gasteiger partial charge < -0.3 is 14.8 Å². The summed E-state index contributed by atoms with van der Waals surface area (Å²) in [4.78, 5) is 13.0. The number of nitrogens with one attached hydrogen (secondary N) is 1. The van der Waals surface area contributed by atoms with Crippen molar-refractivity contribution in [3.63, 3.8) is 0 Å². The zero-order chi connectivity index (χ0) is 22.5. The molecule has 1 heterocycles. The first-order chi connectivity index (χ1) is 15.3. The molecule has 32 heavy (non-hydrogen) atoms. The van der Waals surface area contributed by atoms with Crippen LogP contribution in [0.25, 0.3) is 0 Å². The first kappa shape index (κ1) is 21.4. The first-order valence-electron chi connectivity index (χ1n) is 12.1. The van der Waals surface area contributed by atoms with E-state index in [0.29, 0.717) is 35.4 Å². The van der Waals surface area contributed by atoms with Crippen LogP contribution in [-0.2, 0) is 11.8 Å². The summed E-state index contributed by atoms with van der Waals surface area (Å²) in [7, 11) is 0. The van der Waals surface area contributed by atoms with Crippen molar-refractivity contribution in [3.05, 3.63) is 58.7 Å². The van der Waals surface area contributed by atoms with E-state index in [2.05, 4.69) is 51.2 Å². The molecule has 0 bridgehead atoms. The van der Waals surface area contributed by atoms with Gasteiger partial charge in [0.2, 0.25) is 6.79 Å². The predicted molar refractivity (Wildman–Crippen MR) is 127 cm³/mol. The van der Waals surface area contributed by atoms with Crippen LogP contribution in [0.4, 0.5) is 0 Å². The lowest BCUT2D eigenvalue weighted by Gasteiger charge is -2.55. The lowest BCUT2D eigenvalue weighted by Crippen LogP contribution is -2.53. The van der Waals surface area contributed by atoms with E-state index in [0.717, 1.165) is 12.8 Å². The average molecular weight is 434 g/mol. The first-order valence-corrected chi connectivity index (χ1v) is 12.1. The summed E-state index contributed by atoms with van der Waals surface area (Å²) >= 11 is 0. The monoisotopic (exact) mass is 433 g/mol. The largest absolute Gasteiger partial charge is 0.454 e. The predicted octanol–water partition coefficient (Wildman–Crippen LogP) is 5.98. The second-order valence-electron chi connectivity index (χ2n) is 10.8. The van der Waals surface area contributed by atoms with Gasteiger partial charge in [0.25, 0.3) is 5.91 Å². The highest BCUT2D eigenvalue weighted by molar-refractivity contribution is 5.95. The van der Waals surface area contributed by atoms with Gasteiger partial charge in [0.15, 0.2) is 11.5 Å². The molecular weight excluding hydrogens is 398 g/mol. The summed E-state index contributed by atoms with van der Waals surface area (Å²) in [6.07, 6.45) is 5.93. The van der Waals surface area contributed by atoms with Gasteiger partial charge in [-0.3, -0.25) is 4.79 Å². The van der Waals surface area contributed by atoms with Crippen molar-refractivity contribution in [2.45, 2.75) is 71.1 Å². The minimum Gasteiger partial charge on any atom is -0.454 e. The van der Waals surface area contributed by atoms with E-state index >= 15 is 0 Å². The number of hydrogen-bond acceptors (Lipinski definition) is 3. The number of rotatable bonds is 4. The Balaban J connectivity index is 1.35. The van der Waals surface area contributed by atoms with E-state index in [9.17, 15) is 4.79 Å². The highest BCUT2D eigenvalue weighted by atomic mass is 16.7. The fraction of sp³-hybridized carbons (Fsp3) is 0.536. The third kappa shape index (κ3) is 3.48. The Labute approximate surface area is 191 Å². The van der Waals surface area contributed by atoms with Gasteiger partial charge in [-0.25, -0.2) is 0 Å². The van der Waals surface area contributed by atoms with Gasteiger partial charge in [-0.2, -0.15) is 0 Å². The minimum atomic E-state index is -0.0328. The van der Waals surface area contributed by atoms with Crippen molar-refractivity contribution in [1.82, 2.24) is 5.32 Å². The summed E-state index contributed by atoms with van der Waals surface area (Å²) in [6.45, 7) is 10.3. The fourth-order valence-electron chi connectivity index (χ4n) is 6.64. The van der Waals surface area contributed by atoms with Crippen LogP contribution in [0.15, 0.2) is 36.4 Å². The number of carbonyl (C=O) groups is 1. The highest BCUT2D eigenvalue weighted by Gasteiger charge is 2.51. The third-order valence-electron chi connectivity index (χ3n) is 8.46. The van der Waals surface area contributed by atoms with Gasteiger partial charge in [-0.15, -0.1) is 0 Å². The molecule has 2 aromatic rings. The van der Waals surface area contributed by atoms with Crippen molar-refractivity contribution in [3.8, 4) is 11.5 Å². The highest BCUT2D eigenvalue weighted by Crippen LogP contribution is 2.57. The minimum absolute atomic E-state index is 0.0328. The van der Waals surface area contributed by atoms with E-state index in [4.69, 9.17) is 9.47 Å². The van der Waals surface area contributed by atoms with E-state index < -0.39 is 0 Å². The van der Waals surface area contributed by atoms with Crippen LogP contribution in [0.3, 0.4) is 0 Å². The van der Waals surface area contributed by atoms with Crippen molar-refractivity contribution < 1.29 is 14.3 Å². The molecule has 170 valence electrons. The maximum Gasteiger partial charge on any atom is 0.251 e. The van der Waals surface area contributed by atoms with Gasteiger partial charge in [0.1, 0.15) is 0 Å². The lowest BCUT2D eigenvalue weighted by atomic mass is 9.49. The van der Waals surface area contributed by atoms with Gasteiger partial charge in [-0.05, 0) is 83.2 Å². The summed E-state index contributed by atoms with van der Waals surface area (Å²) in [5, 5.41) is 3.26. The molecule has 4 heteroatoms. The Kier molecular flexibility index (Phi) is 5.22. The van der Waals surface area contributed by atoms with E-state index in [1.807, 2.05) is 12.1 Å². The zero-order valence-electron chi connectivity index (χ0n) is 19.8. The van der Waals surface area contributed by atoms with E-state index in [1.165, 1.54) is 24.8 Å². The molecule has 0 spiro atoms. The molecule has 2 aromatic carbocycles. The van der Waals surface area contributed by atoms with E-state index in [1.54, 1.807) is 17.2 Å². The van der Waals surface area contributed by atoms with E-state index in [-0.39, 0.29) is 23.5 Å². The molecule has 1 amide bonds. The van der Waals surface area contributed by atoms with Crippen LogP contribution >= 0.6 is 0 Å². The Morgan fingerprint density at radius 3 is 2.72 bits per heavy atom. The molecule has 1 fully saturated rings. The molecule has 3 aliphatic rings. The molecule has 1 aliphatic heterocycles. The standard InChI is InChI=1S/C28H35NO3/c1-18(2)19-6-9-22-20(14-19)8-11-25-27(3,12-5-13-28(22,25)4)16-29-26(30)21-7-10-23-24(15-21)32-17-31-23/h6-7,9-10,14-15,18,25H,5,8,11-13,16-17H2,1-4H3,(H,29,30)/t25-,27-,28+/m0/s1. The number of carbonyl (C=O) groups excluding carboxylic acids is 1. The van der Waals surface area contributed by atoms with Gasteiger partial charge in [-0.1, -0.05) is 52.3 Å². The van der Waals surface area contributed by atoms with Crippen LogP contribution in [0.2, 0.25) is 0 Å². The SMILES string of the molecule is CC(C)c1ccc2c(c1)CC[C@H]1[C@](C)(CNC(=O)c3ccc4c(c3)OCO4)CCC[C@]21C. The molecule has 0 unspecified atom stereocenters. The molecule has 0 saturated heterocycles. The van der Waals surface area contributed by atoms with Crippen molar-refractivity contribution in [2.24, 2.45) is 11.3 Å². The Bertz CT molecular complexity index is 1040. The molecule has 2 aliphatic carbocycles. The molecule has 0 radical (unpaired) electrons. The molecular formula is C28H35NO3. The van der Waals surface area contributed by atoms with Crippen LogP contribution in [0, 0.1) is 11.3 Å². The number of benzene rings is 2. The average Bonchev–Trinajstić information content (AvgIpc) is 3.25. The Morgan fingerprint density at radius 1 is 1.09 bits per heavy atom. The quantitative estimate of drug-likeness (QED) is 0.645. The Morgan fingerprint density at radius 2 is 1.91 bits per heavy atom. The Hall–Kier alpha value is -2.49. The topological polar surface area (TPSA) is 47.6 Å². The van der Waals surface area contributed by atoms with Crippen LogP contribution < -0.4 is 14.8 Å². The maximum atomic E-state index is 13.0. The van der Waals surface area contributed by atoms with Crippen LogP contribution in [-0.4, -0.2) is 19.2 Å². The van der Waals surface area contributed by atoms with Crippen molar-refractivity contribution >= 4 is 5.91 Å². The number of ether oxygens (including phenoxy) is 2. The summed E-state index contributed by atoms with van der Waals surface area (Å²) in [6, 6.07) is 12.6. The second-order valence-corrected chi connectivity index (χ2v) is 10.8. The smallest absolute Gasteiger partial charge is 0.251 e. The second kappa shape index (κ2) is 7.83. The normalized spacial score (nSPS) is 28.2. The van der Waals surface area contributed by atoms with Crippen molar-refractivity contribution in [1.29, 1.82) is 0 Å². The van der Waals surface area contributed by atoms with Gasteiger partial charge in [0.05, 0.1) is 0 Å². The molecule has 1 N–H and O–H groups in total. The molecule has 3 atom stereocenters. The number of hydrogen-bond donors (Lipinski definition) is 1. The van der Waals surface area contributed by atoms with Crippen LogP contribution in [0.1, 0.15) is 86.3 Å². The van der Waals surface area contributed by atoms with Gasteiger partial charge in [0, 0.05) is 12.1 Å². The number of amides is 1. The molecule has 4 nitrogen and oxygen atoms in total. The fourth-order valence-corrected chi connectivity index (χ4v) is 6.64.